The first-order chi connectivity index (χ1) is 8.99. The number of ether oxygens (including phenoxy) is 1. The van der Waals surface area contributed by atoms with Crippen molar-refractivity contribution in [1.29, 1.82) is 0 Å². The number of carboxylic acid groups (broad SMARTS) is 1. The number of hydrogen-bond acceptors (Lipinski definition) is 4. The van der Waals surface area contributed by atoms with Gasteiger partial charge in [-0.25, -0.2) is 4.79 Å². The van der Waals surface area contributed by atoms with Gasteiger partial charge in [-0.1, -0.05) is 13.3 Å². The van der Waals surface area contributed by atoms with E-state index < -0.39 is 17.9 Å². The molecule has 19 heavy (non-hydrogen) atoms. The minimum absolute atomic E-state index is 0.239. The van der Waals surface area contributed by atoms with Gasteiger partial charge >= 0.3 is 5.97 Å². The molecule has 0 aliphatic rings. The van der Waals surface area contributed by atoms with E-state index in [-0.39, 0.29) is 11.3 Å². The summed E-state index contributed by atoms with van der Waals surface area (Å²) < 4.78 is 4.98. The number of hydrogen-bond donors (Lipinski definition) is 3. The second-order valence-electron chi connectivity index (χ2n) is 4.11. The van der Waals surface area contributed by atoms with E-state index in [1.807, 2.05) is 6.92 Å². The molecular weight excluding hydrogens is 248 g/mol. The van der Waals surface area contributed by atoms with Crippen LogP contribution < -0.4 is 15.8 Å². The van der Waals surface area contributed by atoms with Gasteiger partial charge in [0.2, 0.25) is 0 Å². The lowest BCUT2D eigenvalue weighted by molar-refractivity contribution is -0.139. The first-order valence-electron chi connectivity index (χ1n) is 5.96. The zero-order valence-corrected chi connectivity index (χ0v) is 11.0. The molecule has 4 N–H and O–H groups in total. The number of methoxy groups -OCH3 is 1. The van der Waals surface area contributed by atoms with Crippen LogP contribution in [0.5, 0.6) is 5.75 Å². The summed E-state index contributed by atoms with van der Waals surface area (Å²) in [6.07, 6.45) is 1.03. The number of nitrogens with two attached hydrogens (primary N) is 1. The van der Waals surface area contributed by atoms with Gasteiger partial charge in [0, 0.05) is 11.8 Å². The third kappa shape index (κ3) is 3.87. The van der Waals surface area contributed by atoms with Gasteiger partial charge in [0.15, 0.2) is 0 Å². The molecule has 1 aromatic carbocycles. The van der Waals surface area contributed by atoms with E-state index in [1.54, 1.807) is 6.07 Å². The lowest BCUT2D eigenvalue weighted by Crippen LogP contribution is -2.40. The van der Waals surface area contributed by atoms with Crippen LogP contribution in [-0.4, -0.2) is 30.1 Å². The molecule has 0 heterocycles. The van der Waals surface area contributed by atoms with Crippen LogP contribution in [0.3, 0.4) is 0 Å². The van der Waals surface area contributed by atoms with E-state index in [1.165, 1.54) is 19.2 Å². The quantitative estimate of drug-likeness (QED) is 0.673. The zero-order chi connectivity index (χ0) is 14.4. The SMILES string of the molecule is CCC[C@@H](NC(=O)c1ccc(OC)cc1N)C(=O)O. The number of amides is 1. The zero-order valence-electron chi connectivity index (χ0n) is 11.0. The molecule has 6 heteroatoms. The number of carbonyl (C=O) groups is 2. The molecule has 0 bridgehead atoms. The summed E-state index contributed by atoms with van der Waals surface area (Å²) in [5.74, 6) is -1.01. The molecule has 0 aliphatic heterocycles. The predicted octanol–water partition coefficient (Wildman–Crippen LogP) is 1.26. The molecule has 0 aromatic heterocycles. The summed E-state index contributed by atoms with van der Waals surface area (Å²) in [4.78, 5) is 22.9. The Kier molecular flexibility index (Phi) is 5.17. The van der Waals surface area contributed by atoms with E-state index in [0.717, 1.165) is 0 Å². The van der Waals surface area contributed by atoms with E-state index in [0.29, 0.717) is 18.6 Å². The molecule has 0 saturated carbocycles. The normalized spacial score (nSPS) is 11.7. The van der Waals surface area contributed by atoms with E-state index in [9.17, 15) is 9.59 Å². The van der Waals surface area contributed by atoms with Crippen molar-refractivity contribution in [1.82, 2.24) is 5.32 Å². The van der Waals surface area contributed by atoms with Crippen molar-refractivity contribution in [2.75, 3.05) is 12.8 Å². The number of carbonyl (C=O) groups excluding carboxylic acids is 1. The number of carboxylic acids is 1. The van der Waals surface area contributed by atoms with Gasteiger partial charge in [-0.2, -0.15) is 0 Å². The monoisotopic (exact) mass is 266 g/mol. The Labute approximate surface area is 111 Å². The summed E-state index contributed by atoms with van der Waals surface area (Å²) in [7, 11) is 1.50. The lowest BCUT2D eigenvalue weighted by atomic mass is 10.1. The maximum Gasteiger partial charge on any atom is 0.326 e. The molecule has 1 amide bonds. The number of nitrogens with one attached hydrogen (secondary N) is 1. The molecule has 1 aromatic rings. The van der Waals surface area contributed by atoms with Crippen LogP contribution in [0.25, 0.3) is 0 Å². The molecule has 0 radical (unpaired) electrons. The average Bonchev–Trinajstić information content (AvgIpc) is 2.37. The van der Waals surface area contributed by atoms with Crippen molar-refractivity contribution < 1.29 is 19.4 Å². The highest BCUT2D eigenvalue weighted by Gasteiger charge is 2.20. The fourth-order valence-corrected chi connectivity index (χ4v) is 1.66. The fourth-order valence-electron chi connectivity index (χ4n) is 1.66. The van der Waals surface area contributed by atoms with Gasteiger partial charge in [-0.15, -0.1) is 0 Å². The summed E-state index contributed by atoms with van der Waals surface area (Å²) in [5.41, 5.74) is 6.22. The summed E-state index contributed by atoms with van der Waals surface area (Å²) in [5, 5.41) is 11.4. The Morgan fingerprint density at radius 2 is 2.16 bits per heavy atom. The van der Waals surface area contributed by atoms with Crippen molar-refractivity contribution in [3.05, 3.63) is 23.8 Å². The van der Waals surface area contributed by atoms with Crippen LogP contribution >= 0.6 is 0 Å². The second-order valence-corrected chi connectivity index (χ2v) is 4.11. The van der Waals surface area contributed by atoms with Gasteiger partial charge in [0.05, 0.1) is 12.7 Å². The smallest absolute Gasteiger partial charge is 0.326 e. The van der Waals surface area contributed by atoms with Gasteiger partial charge in [0.1, 0.15) is 11.8 Å². The van der Waals surface area contributed by atoms with Crippen molar-refractivity contribution in [3.8, 4) is 5.75 Å². The van der Waals surface area contributed by atoms with Crippen LogP contribution in [0.15, 0.2) is 18.2 Å². The van der Waals surface area contributed by atoms with Gasteiger partial charge < -0.3 is 20.9 Å². The molecule has 0 fully saturated rings. The molecule has 6 nitrogen and oxygen atoms in total. The Morgan fingerprint density at radius 3 is 2.63 bits per heavy atom. The highest BCUT2D eigenvalue weighted by Crippen LogP contribution is 2.19. The number of rotatable bonds is 6. The van der Waals surface area contributed by atoms with Crippen molar-refractivity contribution in [2.45, 2.75) is 25.8 Å². The number of benzene rings is 1. The maximum atomic E-state index is 12.0. The van der Waals surface area contributed by atoms with Crippen LogP contribution in [0.2, 0.25) is 0 Å². The Hall–Kier alpha value is -2.24. The van der Waals surface area contributed by atoms with Crippen LogP contribution in [0, 0.1) is 0 Å². The number of nitrogen functional groups attached to an aromatic ring is 1. The molecule has 0 unspecified atom stereocenters. The minimum Gasteiger partial charge on any atom is -0.497 e. The predicted molar refractivity (Wildman–Crippen MR) is 71.2 cm³/mol. The average molecular weight is 266 g/mol. The second kappa shape index (κ2) is 6.63. The molecule has 1 atom stereocenters. The van der Waals surface area contributed by atoms with E-state index in [4.69, 9.17) is 15.6 Å². The molecule has 0 spiro atoms. The first kappa shape index (κ1) is 14.8. The van der Waals surface area contributed by atoms with Gasteiger partial charge in [0.25, 0.3) is 5.91 Å². The molecule has 0 saturated heterocycles. The highest BCUT2D eigenvalue weighted by molar-refractivity contribution is 6.01. The molecular formula is C13H18N2O4. The lowest BCUT2D eigenvalue weighted by Gasteiger charge is -2.14. The summed E-state index contributed by atoms with van der Waals surface area (Å²) >= 11 is 0. The third-order valence-electron chi connectivity index (χ3n) is 2.68. The molecule has 104 valence electrons. The van der Waals surface area contributed by atoms with Gasteiger partial charge in [-0.05, 0) is 18.6 Å². The topological polar surface area (TPSA) is 102 Å². The third-order valence-corrected chi connectivity index (χ3v) is 2.68. The van der Waals surface area contributed by atoms with Crippen LogP contribution in [0.1, 0.15) is 30.1 Å². The molecule has 1 rings (SSSR count). The van der Waals surface area contributed by atoms with Crippen LogP contribution in [-0.2, 0) is 4.79 Å². The highest BCUT2D eigenvalue weighted by atomic mass is 16.5. The van der Waals surface area contributed by atoms with Crippen molar-refractivity contribution in [2.24, 2.45) is 0 Å². The van der Waals surface area contributed by atoms with E-state index >= 15 is 0 Å². The van der Waals surface area contributed by atoms with Gasteiger partial charge in [-0.3, -0.25) is 4.79 Å². The Balaban J connectivity index is 2.85. The largest absolute Gasteiger partial charge is 0.497 e. The summed E-state index contributed by atoms with van der Waals surface area (Å²) in [6, 6.07) is 3.72. The fraction of sp³-hybridized carbons (Fsp3) is 0.385. The standard InChI is InChI=1S/C13H18N2O4/c1-3-4-11(13(17)18)15-12(16)9-6-5-8(19-2)7-10(9)14/h5-7,11H,3-4,14H2,1-2H3,(H,15,16)(H,17,18)/t11-/m1/s1. The first-order valence-corrected chi connectivity index (χ1v) is 5.96. The number of anilines is 1. The maximum absolute atomic E-state index is 12.0. The number of aliphatic carboxylic acids is 1. The Morgan fingerprint density at radius 1 is 1.47 bits per heavy atom. The van der Waals surface area contributed by atoms with Crippen LogP contribution in [0.4, 0.5) is 5.69 Å². The van der Waals surface area contributed by atoms with Crippen molar-refractivity contribution in [3.63, 3.8) is 0 Å². The van der Waals surface area contributed by atoms with E-state index in [2.05, 4.69) is 5.32 Å². The molecule has 0 aliphatic carbocycles. The minimum atomic E-state index is -1.05. The van der Waals surface area contributed by atoms with Crippen molar-refractivity contribution >= 4 is 17.6 Å². The Bertz CT molecular complexity index is 474. The summed E-state index contributed by atoms with van der Waals surface area (Å²) in [6.45, 7) is 1.85.